The molecule has 1 amide bonds. The molecule has 0 aromatic heterocycles. The van der Waals surface area contributed by atoms with Crippen molar-refractivity contribution in [3.8, 4) is 11.5 Å². The van der Waals surface area contributed by atoms with Gasteiger partial charge in [0, 0.05) is 25.7 Å². The monoisotopic (exact) mass is 375 g/mol. The lowest BCUT2D eigenvalue weighted by molar-refractivity contribution is 0.0609. The van der Waals surface area contributed by atoms with Crippen LogP contribution in [0.25, 0.3) is 0 Å². The van der Waals surface area contributed by atoms with Crippen molar-refractivity contribution in [3.05, 3.63) is 23.8 Å². The van der Waals surface area contributed by atoms with E-state index in [1.54, 1.807) is 14.2 Å². The molecule has 1 aromatic rings. The number of nitrogens with zero attached hydrogens (tertiary/aromatic N) is 2. The molecule has 6 nitrogen and oxygen atoms in total. The van der Waals surface area contributed by atoms with E-state index in [2.05, 4.69) is 15.1 Å². The summed E-state index contributed by atoms with van der Waals surface area (Å²) < 4.78 is 10.9. The molecule has 1 unspecified atom stereocenters. The molecule has 2 saturated heterocycles. The first-order chi connectivity index (χ1) is 13.2. The van der Waals surface area contributed by atoms with E-state index < -0.39 is 0 Å². The van der Waals surface area contributed by atoms with Crippen molar-refractivity contribution in [1.82, 2.24) is 15.1 Å². The van der Waals surface area contributed by atoms with Crippen LogP contribution >= 0.6 is 0 Å². The highest BCUT2D eigenvalue weighted by atomic mass is 16.5. The highest BCUT2D eigenvalue weighted by Gasteiger charge is 2.29. The molecule has 0 aliphatic carbocycles. The van der Waals surface area contributed by atoms with E-state index in [9.17, 15) is 4.79 Å². The summed E-state index contributed by atoms with van der Waals surface area (Å²) in [5, 5.41) is 3.45. The number of rotatable bonds is 7. The lowest BCUT2D eigenvalue weighted by Crippen LogP contribution is -2.51. The lowest BCUT2D eigenvalue weighted by Gasteiger charge is -2.37. The number of likely N-dealkylation sites (tertiary alicyclic amines) is 1. The van der Waals surface area contributed by atoms with E-state index in [-0.39, 0.29) is 11.9 Å². The molecular formula is C21H33N3O3. The summed E-state index contributed by atoms with van der Waals surface area (Å²) in [6, 6.07) is 5.76. The fourth-order valence-corrected chi connectivity index (χ4v) is 4.19. The van der Waals surface area contributed by atoms with Crippen LogP contribution in [0.3, 0.4) is 0 Å². The predicted octanol–water partition coefficient (Wildman–Crippen LogP) is 2.38. The Morgan fingerprint density at radius 3 is 2.67 bits per heavy atom. The molecule has 2 aliphatic heterocycles. The van der Waals surface area contributed by atoms with Crippen LogP contribution in [0.2, 0.25) is 0 Å². The van der Waals surface area contributed by atoms with Crippen molar-refractivity contribution in [2.45, 2.75) is 38.1 Å². The van der Waals surface area contributed by atoms with E-state index >= 15 is 0 Å². The minimum atomic E-state index is 0.0384. The normalized spacial score (nSPS) is 20.9. The summed E-state index contributed by atoms with van der Waals surface area (Å²) in [5.41, 5.74) is 0.584. The van der Waals surface area contributed by atoms with Gasteiger partial charge in [-0.2, -0.15) is 0 Å². The average molecular weight is 376 g/mol. The summed E-state index contributed by atoms with van der Waals surface area (Å²) >= 11 is 0. The Labute approximate surface area is 162 Å². The van der Waals surface area contributed by atoms with Crippen molar-refractivity contribution >= 4 is 5.91 Å². The van der Waals surface area contributed by atoms with Gasteiger partial charge in [-0.3, -0.25) is 4.79 Å². The zero-order valence-electron chi connectivity index (χ0n) is 16.7. The summed E-state index contributed by atoms with van der Waals surface area (Å²) in [6.45, 7) is 5.88. The SMILES string of the molecule is COc1cccc(C(=O)N(CCN2CCCCC2)C2CCCNC2)c1OC. The van der Waals surface area contributed by atoms with E-state index in [4.69, 9.17) is 9.47 Å². The number of nitrogens with one attached hydrogen (secondary N) is 1. The van der Waals surface area contributed by atoms with Crippen LogP contribution in [0.4, 0.5) is 0 Å². The van der Waals surface area contributed by atoms with E-state index in [1.165, 1.54) is 19.3 Å². The van der Waals surface area contributed by atoms with Crippen molar-refractivity contribution < 1.29 is 14.3 Å². The first kappa shape index (κ1) is 20.0. The summed E-state index contributed by atoms with van der Waals surface area (Å²) in [7, 11) is 3.19. The Balaban J connectivity index is 1.79. The Morgan fingerprint density at radius 1 is 1.19 bits per heavy atom. The van der Waals surface area contributed by atoms with Gasteiger partial charge in [-0.1, -0.05) is 12.5 Å². The summed E-state index contributed by atoms with van der Waals surface area (Å²) in [6.07, 6.45) is 6.01. The van der Waals surface area contributed by atoms with Gasteiger partial charge in [0.15, 0.2) is 11.5 Å². The third-order valence-corrected chi connectivity index (χ3v) is 5.71. The number of piperidine rings is 2. The van der Waals surface area contributed by atoms with E-state index in [1.807, 2.05) is 18.2 Å². The topological polar surface area (TPSA) is 54.0 Å². The van der Waals surface area contributed by atoms with Crippen molar-refractivity contribution in [2.75, 3.05) is 53.5 Å². The Bertz CT molecular complexity index is 611. The van der Waals surface area contributed by atoms with E-state index in [0.29, 0.717) is 17.1 Å². The van der Waals surface area contributed by atoms with Crippen LogP contribution < -0.4 is 14.8 Å². The molecule has 2 fully saturated rings. The maximum atomic E-state index is 13.5. The molecule has 0 spiro atoms. The van der Waals surface area contributed by atoms with Gasteiger partial charge in [0.25, 0.3) is 5.91 Å². The highest BCUT2D eigenvalue weighted by molar-refractivity contribution is 5.98. The second kappa shape index (κ2) is 9.95. The van der Waals surface area contributed by atoms with Crippen molar-refractivity contribution in [1.29, 1.82) is 0 Å². The maximum Gasteiger partial charge on any atom is 0.258 e. The van der Waals surface area contributed by atoms with Gasteiger partial charge in [-0.05, 0) is 57.5 Å². The zero-order chi connectivity index (χ0) is 19.1. The number of hydrogen-bond acceptors (Lipinski definition) is 5. The zero-order valence-corrected chi connectivity index (χ0v) is 16.7. The molecule has 2 heterocycles. The van der Waals surface area contributed by atoms with Gasteiger partial charge in [0.1, 0.15) is 0 Å². The minimum Gasteiger partial charge on any atom is -0.493 e. The van der Waals surface area contributed by atoms with Crippen LogP contribution in [-0.2, 0) is 0 Å². The molecule has 0 saturated carbocycles. The third kappa shape index (κ3) is 4.93. The van der Waals surface area contributed by atoms with Crippen LogP contribution in [0.1, 0.15) is 42.5 Å². The molecule has 3 rings (SSSR count). The molecular weight excluding hydrogens is 342 g/mol. The number of carbonyl (C=O) groups excluding carboxylic acids is 1. The Hall–Kier alpha value is -1.79. The van der Waals surface area contributed by atoms with Crippen LogP contribution in [-0.4, -0.2) is 75.2 Å². The second-order valence-electron chi connectivity index (χ2n) is 7.44. The fourth-order valence-electron chi connectivity index (χ4n) is 4.19. The minimum absolute atomic E-state index is 0.0384. The molecule has 150 valence electrons. The molecule has 1 aromatic carbocycles. The quantitative estimate of drug-likeness (QED) is 0.793. The number of para-hydroxylation sites is 1. The van der Waals surface area contributed by atoms with Crippen LogP contribution in [0.5, 0.6) is 11.5 Å². The largest absolute Gasteiger partial charge is 0.493 e. The standard InChI is InChI=1S/C21H33N3O3/c1-26-19-10-6-9-18(20(19)27-2)21(25)24(17-8-7-11-22-16-17)15-14-23-12-4-3-5-13-23/h6,9-10,17,22H,3-5,7-8,11-16H2,1-2H3. The molecule has 1 atom stereocenters. The molecule has 27 heavy (non-hydrogen) atoms. The lowest BCUT2D eigenvalue weighted by atomic mass is 10.0. The third-order valence-electron chi connectivity index (χ3n) is 5.71. The van der Waals surface area contributed by atoms with Gasteiger partial charge in [-0.25, -0.2) is 0 Å². The number of hydrogen-bond donors (Lipinski definition) is 1. The second-order valence-corrected chi connectivity index (χ2v) is 7.44. The van der Waals surface area contributed by atoms with Gasteiger partial charge in [0.2, 0.25) is 0 Å². The predicted molar refractivity (Wildman–Crippen MR) is 107 cm³/mol. The van der Waals surface area contributed by atoms with Gasteiger partial charge >= 0.3 is 0 Å². The first-order valence-electron chi connectivity index (χ1n) is 10.2. The summed E-state index contributed by atoms with van der Waals surface area (Å²) in [4.78, 5) is 18.1. The average Bonchev–Trinajstić information content (AvgIpc) is 2.74. The molecule has 0 bridgehead atoms. The highest BCUT2D eigenvalue weighted by Crippen LogP contribution is 2.32. The molecule has 1 N–H and O–H groups in total. The first-order valence-corrected chi connectivity index (χ1v) is 10.2. The smallest absolute Gasteiger partial charge is 0.258 e. The van der Waals surface area contributed by atoms with E-state index in [0.717, 1.165) is 52.1 Å². The number of carbonyl (C=O) groups is 1. The summed E-state index contributed by atoms with van der Waals surface area (Å²) in [5.74, 6) is 1.16. The van der Waals surface area contributed by atoms with Gasteiger partial charge in [0.05, 0.1) is 19.8 Å². The fraction of sp³-hybridized carbons (Fsp3) is 0.667. The molecule has 2 aliphatic rings. The Morgan fingerprint density at radius 2 is 2.00 bits per heavy atom. The van der Waals surface area contributed by atoms with Crippen molar-refractivity contribution in [3.63, 3.8) is 0 Å². The van der Waals surface area contributed by atoms with Crippen LogP contribution in [0, 0.1) is 0 Å². The molecule has 6 heteroatoms. The van der Waals surface area contributed by atoms with Crippen molar-refractivity contribution in [2.24, 2.45) is 0 Å². The Kier molecular flexibility index (Phi) is 7.35. The maximum absolute atomic E-state index is 13.5. The number of methoxy groups -OCH3 is 2. The van der Waals surface area contributed by atoms with Crippen LogP contribution in [0.15, 0.2) is 18.2 Å². The van der Waals surface area contributed by atoms with Gasteiger partial charge < -0.3 is 24.6 Å². The number of amides is 1. The molecule has 0 radical (unpaired) electrons. The number of benzene rings is 1. The number of ether oxygens (including phenoxy) is 2. The van der Waals surface area contributed by atoms with Gasteiger partial charge in [-0.15, -0.1) is 0 Å².